The van der Waals surface area contributed by atoms with Crippen LogP contribution in [0.15, 0.2) is 59.1 Å². The van der Waals surface area contributed by atoms with Gasteiger partial charge in [0.2, 0.25) is 5.89 Å². The lowest BCUT2D eigenvalue weighted by atomic mass is 10.0. The summed E-state index contributed by atoms with van der Waals surface area (Å²) >= 11 is 0. The number of benzene rings is 2. The smallest absolute Gasteiger partial charge is 0.252 e. The number of nitrogens with one attached hydrogen (secondary N) is 1. The van der Waals surface area contributed by atoms with Crippen LogP contribution in [0.3, 0.4) is 0 Å². The molecule has 1 aromatic heterocycles. The summed E-state index contributed by atoms with van der Waals surface area (Å²) < 4.78 is 5.99. The van der Waals surface area contributed by atoms with Gasteiger partial charge in [-0.2, -0.15) is 0 Å². The first-order valence-electron chi connectivity index (χ1n) is 9.79. The Morgan fingerprint density at radius 2 is 1.93 bits per heavy atom. The Morgan fingerprint density at radius 1 is 1.17 bits per heavy atom. The lowest BCUT2D eigenvalue weighted by Crippen LogP contribution is -2.40. The largest absolute Gasteiger partial charge is 0.436 e. The van der Waals surface area contributed by atoms with Crippen molar-refractivity contribution in [2.24, 2.45) is 11.7 Å². The summed E-state index contributed by atoms with van der Waals surface area (Å²) in [5.41, 5.74) is 9.27. The minimum absolute atomic E-state index is 0. The zero-order valence-electron chi connectivity index (χ0n) is 16.4. The lowest BCUT2D eigenvalue weighted by molar-refractivity contribution is 0.0929. The summed E-state index contributed by atoms with van der Waals surface area (Å²) in [4.78, 5) is 17.4. The van der Waals surface area contributed by atoms with E-state index in [1.165, 1.54) is 5.56 Å². The third-order valence-electron chi connectivity index (χ3n) is 5.52. The van der Waals surface area contributed by atoms with Crippen molar-refractivity contribution in [3.8, 4) is 22.8 Å². The number of nitrogens with zero attached hydrogens (tertiary/aromatic N) is 1. The number of aryl methyl sites for hydroxylation is 1. The van der Waals surface area contributed by atoms with E-state index < -0.39 is 0 Å². The molecule has 152 valence electrons. The topological polar surface area (TPSA) is 81.2 Å². The number of rotatable bonds is 5. The molecule has 0 spiro atoms. The summed E-state index contributed by atoms with van der Waals surface area (Å²) in [7, 11) is 0. The maximum atomic E-state index is 12.9. The molecule has 0 saturated heterocycles. The van der Waals surface area contributed by atoms with Crippen LogP contribution in [0.25, 0.3) is 22.8 Å². The summed E-state index contributed by atoms with van der Waals surface area (Å²) in [6, 6.07) is 15.6. The first-order chi connectivity index (χ1) is 13.7. The summed E-state index contributed by atoms with van der Waals surface area (Å²) in [5.74, 6) is 1.38. The van der Waals surface area contributed by atoms with E-state index >= 15 is 0 Å². The number of oxazole rings is 1. The van der Waals surface area contributed by atoms with Gasteiger partial charge in [0.25, 0.3) is 5.91 Å². The fourth-order valence-corrected chi connectivity index (χ4v) is 3.87. The Labute approximate surface area is 177 Å². The van der Waals surface area contributed by atoms with Gasteiger partial charge in [-0.25, -0.2) is 4.98 Å². The normalized spacial score (nSPS) is 18.3. The molecule has 4 rings (SSSR count). The molecule has 1 heterocycles. The van der Waals surface area contributed by atoms with Gasteiger partial charge < -0.3 is 15.5 Å². The summed E-state index contributed by atoms with van der Waals surface area (Å²) in [5, 5.41) is 3.16. The quantitative estimate of drug-likeness (QED) is 0.643. The van der Waals surface area contributed by atoms with Gasteiger partial charge in [0, 0.05) is 17.2 Å². The number of carbonyl (C=O) groups is 1. The SMILES string of the molecule is Cc1ccc(-c2cnc(-c3ccccc3C(=O)NC3CCCC3CN)o2)cc1.Cl. The molecule has 1 fully saturated rings. The van der Waals surface area contributed by atoms with Crippen LogP contribution >= 0.6 is 12.4 Å². The van der Waals surface area contributed by atoms with Crippen LogP contribution in [0.5, 0.6) is 0 Å². The maximum Gasteiger partial charge on any atom is 0.252 e. The van der Waals surface area contributed by atoms with Crippen molar-refractivity contribution < 1.29 is 9.21 Å². The van der Waals surface area contributed by atoms with E-state index in [4.69, 9.17) is 10.2 Å². The molecule has 1 aliphatic carbocycles. The molecule has 0 aliphatic heterocycles. The molecule has 1 amide bonds. The van der Waals surface area contributed by atoms with Crippen molar-refractivity contribution in [1.29, 1.82) is 0 Å². The minimum atomic E-state index is -0.101. The molecule has 3 N–H and O–H groups in total. The van der Waals surface area contributed by atoms with Crippen LogP contribution in [-0.4, -0.2) is 23.5 Å². The highest BCUT2D eigenvalue weighted by Crippen LogP contribution is 2.29. The van der Waals surface area contributed by atoms with Crippen LogP contribution < -0.4 is 11.1 Å². The van der Waals surface area contributed by atoms with Crippen LogP contribution in [0.1, 0.15) is 35.2 Å². The van der Waals surface area contributed by atoms with Gasteiger partial charge >= 0.3 is 0 Å². The zero-order valence-corrected chi connectivity index (χ0v) is 17.2. The highest BCUT2D eigenvalue weighted by Gasteiger charge is 2.28. The van der Waals surface area contributed by atoms with Crippen molar-refractivity contribution in [2.45, 2.75) is 32.2 Å². The second-order valence-corrected chi connectivity index (χ2v) is 7.45. The minimum Gasteiger partial charge on any atom is -0.436 e. The molecule has 2 unspecified atom stereocenters. The van der Waals surface area contributed by atoms with Crippen molar-refractivity contribution >= 4 is 18.3 Å². The Hall–Kier alpha value is -2.63. The summed E-state index contributed by atoms with van der Waals surface area (Å²) in [6.07, 6.45) is 4.86. The molecular formula is C23H26ClN3O2. The van der Waals surface area contributed by atoms with E-state index in [9.17, 15) is 4.79 Å². The number of amides is 1. The average Bonchev–Trinajstić information content (AvgIpc) is 3.38. The van der Waals surface area contributed by atoms with Gasteiger partial charge in [-0.1, -0.05) is 48.4 Å². The third-order valence-corrected chi connectivity index (χ3v) is 5.52. The number of carbonyl (C=O) groups excluding carboxylic acids is 1. The Balaban J connectivity index is 0.00000240. The number of nitrogens with two attached hydrogens (primary N) is 1. The molecule has 0 radical (unpaired) electrons. The van der Waals surface area contributed by atoms with E-state index in [0.717, 1.165) is 24.8 Å². The van der Waals surface area contributed by atoms with Gasteiger partial charge in [-0.3, -0.25) is 4.79 Å². The fourth-order valence-electron chi connectivity index (χ4n) is 3.87. The van der Waals surface area contributed by atoms with E-state index in [1.807, 2.05) is 55.5 Å². The van der Waals surface area contributed by atoms with Gasteiger partial charge in [0.15, 0.2) is 5.76 Å². The number of hydrogen-bond donors (Lipinski definition) is 2. The molecule has 6 heteroatoms. The predicted molar refractivity (Wildman–Crippen MR) is 117 cm³/mol. The van der Waals surface area contributed by atoms with Gasteiger partial charge in [-0.15, -0.1) is 12.4 Å². The Bertz CT molecular complexity index is 968. The fraction of sp³-hybridized carbons (Fsp3) is 0.304. The van der Waals surface area contributed by atoms with Crippen LogP contribution in [0.2, 0.25) is 0 Å². The monoisotopic (exact) mass is 411 g/mol. The van der Waals surface area contributed by atoms with Gasteiger partial charge in [0.1, 0.15) is 0 Å². The number of aromatic nitrogens is 1. The number of hydrogen-bond acceptors (Lipinski definition) is 4. The van der Waals surface area contributed by atoms with E-state index in [-0.39, 0.29) is 24.4 Å². The van der Waals surface area contributed by atoms with Crippen molar-refractivity contribution in [2.75, 3.05) is 6.54 Å². The molecule has 2 aromatic carbocycles. The average molecular weight is 412 g/mol. The van der Waals surface area contributed by atoms with Crippen molar-refractivity contribution in [3.63, 3.8) is 0 Å². The molecule has 3 aromatic rings. The Kier molecular flexibility index (Phi) is 6.72. The highest BCUT2D eigenvalue weighted by atomic mass is 35.5. The van der Waals surface area contributed by atoms with Crippen molar-refractivity contribution in [1.82, 2.24) is 10.3 Å². The predicted octanol–water partition coefficient (Wildman–Crippen LogP) is 4.60. The van der Waals surface area contributed by atoms with E-state index in [2.05, 4.69) is 10.3 Å². The van der Waals surface area contributed by atoms with Crippen LogP contribution in [-0.2, 0) is 0 Å². The third kappa shape index (κ3) is 4.52. The molecule has 29 heavy (non-hydrogen) atoms. The number of halogens is 1. The molecule has 1 saturated carbocycles. The second kappa shape index (κ2) is 9.25. The van der Waals surface area contributed by atoms with Gasteiger partial charge in [-0.05, 0) is 44.4 Å². The zero-order chi connectivity index (χ0) is 19.5. The Morgan fingerprint density at radius 3 is 2.69 bits per heavy atom. The van der Waals surface area contributed by atoms with Crippen molar-refractivity contribution in [3.05, 3.63) is 65.9 Å². The standard InChI is InChI=1S/C23H25N3O2.ClH/c1-15-9-11-16(12-10-15)21-14-25-23(28-21)19-7-3-2-6-18(19)22(27)26-20-8-4-5-17(20)13-24;/h2-3,6-7,9-12,14,17,20H,4-5,8,13,24H2,1H3,(H,26,27);1H. The first-order valence-corrected chi connectivity index (χ1v) is 9.79. The summed E-state index contributed by atoms with van der Waals surface area (Å²) in [6.45, 7) is 2.65. The molecule has 1 aliphatic rings. The highest BCUT2D eigenvalue weighted by molar-refractivity contribution is 6.00. The first kappa shape index (κ1) is 21.1. The maximum absolute atomic E-state index is 12.9. The van der Waals surface area contributed by atoms with E-state index in [0.29, 0.717) is 35.2 Å². The van der Waals surface area contributed by atoms with Crippen LogP contribution in [0.4, 0.5) is 0 Å². The molecule has 2 atom stereocenters. The van der Waals surface area contributed by atoms with Crippen LogP contribution in [0, 0.1) is 12.8 Å². The molecular weight excluding hydrogens is 386 g/mol. The van der Waals surface area contributed by atoms with E-state index in [1.54, 1.807) is 6.20 Å². The molecule has 5 nitrogen and oxygen atoms in total. The lowest BCUT2D eigenvalue weighted by Gasteiger charge is -2.20. The van der Waals surface area contributed by atoms with Gasteiger partial charge in [0.05, 0.1) is 11.8 Å². The molecule has 0 bridgehead atoms. The second-order valence-electron chi connectivity index (χ2n) is 7.45.